The van der Waals surface area contributed by atoms with Crippen molar-refractivity contribution in [2.75, 3.05) is 18.9 Å². The van der Waals surface area contributed by atoms with Crippen molar-refractivity contribution in [3.05, 3.63) is 29.8 Å². The number of carbonyl (C=O) groups excluding carboxylic acids is 3. The Morgan fingerprint density at radius 3 is 2.16 bits per heavy atom. The molecule has 4 amide bonds. The van der Waals surface area contributed by atoms with Crippen LogP contribution in [-0.2, 0) is 16.1 Å². The van der Waals surface area contributed by atoms with Crippen molar-refractivity contribution in [1.82, 2.24) is 21.3 Å². The van der Waals surface area contributed by atoms with Crippen LogP contribution in [0.5, 0.6) is 0 Å². The van der Waals surface area contributed by atoms with Gasteiger partial charge in [-0.25, -0.2) is 4.79 Å². The third kappa shape index (κ3) is 10.3. The number of anilines is 1. The maximum atomic E-state index is 12.9. The molecule has 0 aliphatic carbocycles. The first-order valence-corrected chi connectivity index (χ1v) is 10.8. The van der Waals surface area contributed by atoms with Gasteiger partial charge in [-0.2, -0.15) is 0 Å². The molecule has 0 aliphatic heterocycles. The second kappa shape index (κ2) is 13.6. The predicted molar refractivity (Wildman–Crippen MR) is 123 cm³/mol. The van der Waals surface area contributed by atoms with Gasteiger partial charge in [0.25, 0.3) is 0 Å². The third-order valence-electron chi connectivity index (χ3n) is 4.67. The fourth-order valence-electron chi connectivity index (χ4n) is 3.12. The summed E-state index contributed by atoms with van der Waals surface area (Å²) in [4.78, 5) is 36.7. The van der Waals surface area contributed by atoms with Crippen LogP contribution in [0.15, 0.2) is 24.3 Å². The fraction of sp³-hybridized carbons (Fsp3) is 0.591. The van der Waals surface area contributed by atoms with Gasteiger partial charge in [-0.15, -0.1) is 0 Å². The van der Waals surface area contributed by atoms with Crippen molar-refractivity contribution in [1.29, 1.82) is 0 Å². The highest BCUT2D eigenvalue weighted by Gasteiger charge is 2.27. The zero-order valence-corrected chi connectivity index (χ0v) is 19.2. The summed E-state index contributed by atoms with van der Waals surface area (Å²) in [5, 5.41) is 14.6. The van der Waals surface area contributed by atoms with Crippen molar-refractivity contribution in [3.63, 3.8) is 0 Å². The average Bonchev–Trinajstić information content (AvgIpc) is 2.69. The highest BCUT2D eigenvalue weighted by atomic mass is 16.2. The molecule has 9 heteroatoms. The van der Waals surface area contributed by atoms with Crippen LogP contribution >= 0.6 is 0 Å². The van der Waals surface area contributed by atoms with Gasteiger partial charge in [-0.1, -0.05) is 39.8 Å². The SMILES string of the molecule is CNCc1ccc(NC(=O)[C@H](CCCNC(N)=O)NC(=O)C(NC(C)C)C(C)C)cc1. The molecular weight excluding hydrogens is 396 g/mol. The first kappa shape index (κ1) is 26.4. The molecule has 174 valence electrons. The Bertz CT molecular complexity index is 706. The van der Waals surface area contributed by atoms with Gasteiger partial charge >= 0.3 is 6.03 Å². The Balaban J connectivity index is 2.86. The number of hydrogen-bond donors (Lipinski definition) is 6. The first-order chi connectivity index (χ1) is 14.6. The maximum Gasteiger partial charge on any atom is 0.312 e. The van der Waals surface area contributed by atoms with E-state index in [1.54, 1.807) is 0 Å². The van der Waals surface area contributed by atoms with Crippen molar-refractivity contribution >= 4 is 23.5 Å². The summed E-state index contributed by atoms with van der Waals surface area (Å²) < 4.78 is 0. The van der Waals surface area contributed by atoms with Crippen LogP contribution < -0.4 is 32.3 Å². The normalized spacial score (nSPS) is 13.0. The monoisotopic (exact) mass is 434 g/mol. The van der Waals surface area contributed by atoms with Crippen LogP contribution in [0.1, 0.15) is 46.1 Å². The number of primary amides is 1. The molecule has 0 heterocycles. The molecule has 0 saturated carbocycles. The van der Waals surface area contributed by atoms with E-state index < -0.39 is 18.1 Å². The number of nitrogens with two attached hydrogens (primary N) is 1. The minimum atomic E-state index is -0.741. The third-order valence-corrected chi connectivity index (χ3v) is 4.67. The van der Waals surface area contributed by atoms with Gasteiger partial charge in [0.15, 0.2) is 0 Å². The molecule has 1 unspecified atom stereocenters. The molecule has 0 bridgehead atoms. The number of amides is 4. The van der Waals surface area contributed by atoms with E-state index in [0.717, 1.165) is 12.1 Å². The topological polar surface area (TPSA) is 137 Å². The lowest BCUT2D eigenvalue weighted by atomic mass is 10.0. The number of carbonyl (C=O) groups is 3. The van der Waals surface area contributed by atoms with Gasteiger partial charge in [0.1, 0.15) is 6.04 Å². The quantitative estimate of drug-likeness (QED) is 0.260. The summed E-state index contributed by atoms with van der Waals surface area (Å²) in [7, 11) is 1.87. The molecular formula is C22H38N6O3. The molecule has 7 N–H and O–H groups in total. The molecule has 0 spiro atoms. The standard InChI is InChI=1S/C22H38N6O3/c1-14(2)19(26-15(3)4)21(30)28-18(7-6-12-25-22(23)31)20(29)27-17-10-8-16(9-11-17)13-24-5/h8-11,14-15,18-19,24,26H,6-7,12-13H2,1-5H3,(H,27,29)(H,28,30)(H3,23,25,31)/t18-,19?/m0/s1. The van der Waals surface area contributed by atoms with E-state index in [0.29, 0.717) is 25.1 Å². The smallest absolute Gasteiger partial charge is 0.312 e. The summed E-state index contributed by atoms with van der Waals surface area (Å²) in [6, 6.07) is 5.86. The second-order valence-corrected chi connectivity index (χ2v) is 8.25. The van der Waals surface area contributed by atoms with Gasteiger partial charge in [-0.3, -0.25) is 9.59 Å². The summed E-state index contributed by atoms with van der Waals surface area (Å²) >= 11 is 0. The largest absolute Gasteiger partial charge is 0.352 e. The average molecular weight is 435 g/mol. The lowest BCUT2D eigenvalue weighted by Gasteiger charge is -2.27. The molecule has 2 atom stereocenters. The summed E-state index contributed by atoms with van der Waals surface area (Å²) in [5.74, 6) is -0.473. The molecule has 1 aromatic rings. The predicted octanol–water partition coefficient (Wildman–Crippen LogP) is 1.30. The molecule has 9 nitrogen and oxygen atoms in total. The molecule has 0 aliphatic rings. The van der Waals surface area contributed by atoms with E-state index in [2.05, 4.69) is 26.6 Å². The van der Waals surface area contributed by atoms with E-state index in [1.807, 2.05) is 59.0 Å². The lowest BCUT2D eigenvalue weighted by Crippen LogP contribution is -2.54. The zero-order valence-electron chi connectivity index (χ0n) is 19.2. The van der Waals surface area contributed by atoms with Crippen molar-refractivity contribution in [3.8, 4) is 0 Å². The van der Waals surface area contributed by atoms with Crippen LogP contribution in [0, 0.1) is 5.92 Å². The van der Waals surface area contributed by atoms with Gasteiger partial charge < -0.3 is 32.3 Å². The zero-order chi connectivity index (χ0) is 23.4. The number of nitrogens with one attached hydrogen (secondary N) is 5. The number of rotatable bonds is 13. The van der Waals surface area contributed by atoms with Gasteiger partial charge in [0.05, 0.1) is 6.04 Å². The molecule has 1 aromatic carbocycles. The molecule has 1 rings (SSSR count). The highest BCUT2D eigenvalue weighted by Crippen LogP contribution is 2.12. The fourth-order valence-corrected chi connectivity index (χ4v) is 3.12. The van der Waals surface area contributed by atoms with E-state index in [1.165, 1.54) is 0 Å². The summed E-state index contributed by atoms with van der Waals surface area (Å²) in [6.45, 7) is 8.92. The number of urea groups is 1. The number of hydrogen-bond acceptors (Lipinski definition) is 5. The van der Waals surface area contributed by atoms with Crippen LogP contribution in [0.25, 0.3) is 0 Å². The summed E-state index contributed by atoms with van der Waals surface area (Å²) in [6.07, 6.45) is 0.856. The maximum absolute atomic E-state index is 12.9. The Morgan fingerprint density at radius 2 is 1.65 bits per heavy atom. The highest BCUT2D eigenvalue weighted by molar-refractivity contribution is 5.97. The molecule has 0 fully saturated rings. The van der Waals surface area contributed by atoms with E-state index in [4.69, 9.17) is 5.73 Å². The number of benzene rings is 1. The van der Waals surface area contributed by atoms with Crippen molar-refractivity contribution < 1.29 is 14.4 Å². The molecule has 0 aromatic heterocycles. The van der Waals surface area contributed by atoms with Crippen LogP contribution in [0.4, 0.5) is 10.5 Å². The minimum absolute atomic E-state index is 0.0577. The molecule has 0 saturated heterocycles. The van der Waals surface area contributed by atoms with Gasteiger partial charge in [0.2, 0.25) is 11.8 Å². The van der Waals surface area contributed by atoms with Gasteiger partial charge in [0, 0.05) is 24.8 Å². The minimum Gasteiger partial charge on any atom is -0.352 e. The van der Waals surface area contributed by atoms with E-state index >= 15 is 0 Å². The second-order valence-electron chi connectivity index (χ2n) is 8.25. The lowest BCUT2D eigenvalue weighted by molar-refractivity contribution is -0.129. The van der Waals surface area contributed by atoms with Crippen LogP contribution in [0.2, 0.25) is 0 Å². The van der Waals surface area contributed by atoms with Crippen LogP contribution in [-0.4, -0.2) is 49.6 Å². The van der Waals surface area contributed by atoms with Gasteiger partial charge in [-0.05, 0) is 43.5 Å². The Labute approximate surface area is 185 Å². The van der Waals surface area contributed by atoms with Crippen molar-refractivity contribution in [2.24, 2.45) is 11.7 Å². The summed E-state index contributed by atoms with van der Waals surface area (Å²) in [5.41, 5.74) is 6.85. The molecule has 31 heavy (non-hydrogen) atoms. The van der Waals surface area contributed by atoms with Crippen molar-refractivity contribution in [2.45, 2.75) is 65.2 Å². The Morgan fingerprint density at radius 1 is 1.00 bits per heavy atom. The Hall–Kier alpha value is -2.65. The Kier molecular flexibility index (Phi) is 11.6. The van der Waals surface area contributed by atoms with Crippen LogP contribution in [0.3, 0.4) is 0 Å². The molecule has 0 radical (unpaired) electrons. The van der Waals surface area contributed by atoms with E-state index in [-0.39, 0.29) is 23.8 Å². The first-order valence-electron chi connectivity index (χ1n) is 10.8. The van der Waals surface area contributed by atoms with E-state index in [9.17, 15) is 14.4 Å².